The van der Waals surface area contributed by atoms with E-state index in [1.54, 1.807) is 17.0 Å². The maximum absolute atomic E-state index is 11.9. The van der Waals surface area contributed by atoms with Crippen molar-refractivity contribution < 1.29 is 14.5 Å². The van der Waals surface area contributed by atoms with E-state index in [-0.39, 0.29) is 16.5 Å². The normalized spacial score (nSPS) is 19.0. The summed E-state index contributed by atoms with van der Waals surface area (Å²) in [6.45, 7) is 4.19. The zero-order valence-corrected chi connectivity index (χ0v) is 13.4. The van der Waals surface area contributed by atoms with Gasteiger partial charge in [-0.25, -0.2) is 0 Å². The van der Waals surface area contributed by atoms with Gasteiger partial charge in [0.05, 0.1) is 10.6 Å². The van der Waals surface area contributed by atoms with Crippen LogP contribution in [0.15, 0.2) is 36.4 Å². The summed E-state index contributed by atoms with van der Waals surface area (Å²) >= 11 is 5.23. The fraction of sp³-hybridized carbons (Fsp3) is 0.250. The Hall–Kier alpha value is -2.54. The first-order chi connectivity index (χ1) is 10.8. The van der Waals surface area contributed by atoms with Crippen molar-refractivity contribution in [3.05, 3.63) is 52.1 Å². The Bertz CT molecular complexity index is 795. The molecule has 6 nitrogen and oxygen atoms in total. The lowest BCUT2D eigenvalue weighted by molar-refractivity contribution is -0.384. The van der Waals surface area contributed by atoms with Crippen molar-refractivity contribution in [2.24, 2.45) is 0 Å². The van der Waals surface area contributed by atoms with Gasteiger partial charge in [0.1, 0.15) is 11.4 Å². The molecular formula is C16H14N2O4S. The van der Waals surface area contributed by atoms with Crippen molar-refractivity contribution in [3.8, 4) is 5.75 Å². The molecule has 3 rings (SSSR count). The van der Waals surface area contributed by atoms with E-state index in [1.165, 1.54) is 18.2 Å². The quantitative estimate of drug-likeness (QED) is 0.472. The summed E-state index contributed by atoms with van der Waals surface area (Å²) in [6, 6.07) is 4.42. The van der Waals surface area contributed by atoms with Gasteiger partial charge in [-0.05, 0) is 32.1 Å². The molecule has 0 amide bonds. The maximum Gasteiger partial charge on any atom is 0.270 e. The van der Waals surface area contributed by atoms with Gasteiger partial charge in [0, 0.05) is 24.2 Å². The minimum atomic E-state index is -0.613. The molecule has 7 heteroatoms. The first-order valence-electron chi connectivity index (χ1n) is 7.01. The lowest BCUT2D eigenvalue weighted by Crippen LogP contribution is -2.39. The molecule has 2 heterocycles. The van der Waals surface area contributed by atoms with E-state index in [0.29, 0.717) is 23.6 Å². The second-order valence-corrected chi connectivity index (χ2v) is 6.24. The Morgan fingerprint density at radius 3 is 2.83 bits per heavy atom. The highest BCUT2D eigenvalue weighted by Gasteiger charge is 2.33. The molecule has 0 aromatic heterocycles. The molecule has 0 bridgehead atoms. The molecule has 0 unspecified atom stereocenters. The van der Waals surface area contributed by atoms with E-state index in [0.717, 1.165) is 0 Å². The number of benzene rings is 1. The van der Waals surface area contributed by atoms with Crippen molar-refractivity contribution in [2.75, 3.05) is 6.54 Å². The molecule has 2 aliphatic heterocycles. The molecular weight excluding hydrogens is 316 g/mol. The van der Waals surface area contributed by atoms with Gasteiger partial charge in [0.25, 0.3) is 5.69 Å². The van der Waals surface area contributed by atoms with Gasteiger partial charge in [-0.1, -0.05) is 18.3 Å². The van der Waals surface area contributed by atoms with Crippen LogP contribution in [0.5, 0.6) is 5.75 Å². The Kier molecular flexibility index (Phi) is 3.52. The molecule has 1 aromatic carbocycles. The van der Waals surface area contributed by atoms with Crippen molar-refractivity contribution in [3.63, 3.8) is 0 Å². The first kappa shape index (κ1) is 15.4. The van der Waals surface area contributed by atoms with E-state index in [4.69, 9.17) is 17.0 Å². The van der Waals surface area contributed by atoms with Crippen LogP contribution in [0, 0.1) is 10.1 Å². The van der Waals surface area contributed by atoms with Crippen LogP contribution in [-0.2, 0) is 4.79 Å². The minimum absolute atomic E-state index is 0.0391. The van der Waals surface area contributed by atoms with Gasteiger partial charge in [0.2, 0.25) is 5.78 Å². The average Bonchev–Trinajstić information content (AvgIpc) is 2.48. The molecule has 0 saturated carbocycles. The van der Waals surface area contributed by atoms with Gasteiger partial charge in [-0.15, -0.1) is 0 Å². The van der Waals surface area contributed by atoms with Gasteiger partial charge < -0.3 is 9.64 Å². The van der Waals surface area contributed by atoms with E-state index < -0.39 is 10.5 Å². The van der Waals surface area contributed by atoms with E-state index in [9.17, 15) is 14.9 Å². The molecule has 0 aliphatic carbocycles. The number of nitro groups is 1. The molecule has 2 aliphatic rings. The second-order valence-electron chi connectivity index (χ2n) is 5.86. The predicted molar refractivity (Wildman–Crippen MR) is 89.2 cm³/mol. The lowest BCUT2D eigenvalue weighted by Gasteiger charge is -2.36. The molecule has 0 atom stereocenters. The number of hydrogen-bond donors (Lipinski definition) is 0. The van der Waals surface area contributed by atoms with Crippen molar-refractivity contribution in [1.29, 1.82) is 0 Å². The summed E-state index contributed by atoms with van der Waals surface area (Å²) in [5, 5.41) is 11.1. The van der Waals surface area contributed by atoms with Crippen molar-refractivity contribution in [1.82, 2.24) is 4.90 Å². The van der Waals surface area contributed by atoms with Gasteiger partial charge in [0.15, 0.2) is 4.99 Å². The van der Waals surface area contributed by atoms with Crippen molar-refractivity contribution >= 4 is 34.4 Å². The number of rotatable bonds is 2. The molecule has 0 fully saturated rings. The second kappa shape index (κ2) is 5.27. The summed E-state index contributed by atoms with van der Waals surface area (Å²) < 4.78 is 5.87. The third-order valence-corrected chi connectivity index (χ3v) is 4.03. The highest BCUT2D eigenvalue weighted by atomic mass is 32.1. The topological polar surface area (TPSA) is 72.7 Å². The smallest absolute Gasteiger partial charge is 0.270 e. The van der Waals surface area contributed by atoms with Gasteiger partial charge in [-0.3, -0.25) is 14.9 Å². The van der Waals surface area contributed by atoms with Crippen LogP contribution in [0.1, 0.15) is 19.4 Å². The number of non-ortho nitro benzene ring substituents is 1. The number of carbonyl (C=O) groups excluding carboxylic acids is 1. The van der Waals surface area contributed by atoms with Crippen LogP contribution in [0.25, 0.3) is 5.70 Å². The molecule has 23 heavy (non-hydrogen) atoms. The zero-order valence-electron chi connectivity index (χ0n) is 12.6. The summed E-state index contributed by atoms with van der Waals surface area (Å²) in [4.78, 5) is 24.3. The van der Waals surface area contributed by atoms with Crippen LogP contribution >= 0.6 is 12.2 Å². The van der Waals surface area contributed by atoms with Gasteiger partial charge in [-0.2, -0.15) is 0 Å². The zero-order chi connectivity index (χ0) is 16.8. The Morgan fingerprint density at radius 1 is 1.39 bits per heavy atom. The average molecular weight is 330 g/mol. The van der Waals surface area contributed by atoms with Crippen LogP contribution in [-0.4, -0.2) is 32.7 Å². The Labute approximate surface area is 138 Å². The standard InChI is InChI=1S/C16H14N2O4S/c1-16(2)9-12(17-7-3-4-13(19)15(17)23)11-8-10(18(20)21)5-6-14(11)22-16/h3-6,8-9H,7H2,1-2H3. The first-order valence-corrected chi connectivity index (χ1v) is 7.42. The van der Waals surface area contributed by atoms with E-state index in [2.05, 4.69) is 0 Å². The number of ketones is 1. The fourth-order valence-corrected chi connectivity index (χ4v) is 2.86. The highest BCUT2D eigenvalue weighted by molar-refractivity contribution is 7.82. The molecule has 1 aromatic rings. The van der Waals surface area contributed by atoms with E-state index in [1.807, 2.05) is 19.9 Å². The molecule has 0 radical (unpaired) electrons. The number of nitrogens with zero attached hydrogens (tertiary/aromatic N) is 2. The van der Waals surface area contributed by atoms with Gasteiger partial charge >= 0.3 is 0 Å². The van der Waals surface area contributed by atoms with Crippen LogP contribution < -0.4 is 4.74 Å². The van der Waals surface area contributed by atoms with Crippen LogP contribution in [0.4, 0.5) is 5.69 Å². The summed E-state index contributed by atoms with van der Waals surface area (Å²) in [5.41, 5.74) is 0.563. The minimum Gasteiger partial charge on any atom is -0.483 e. The number of ether oxygens (including phenoxy) is 1. The largest absolute Gasteiger partial charge is 0.483 e. The number of thiocarbonyl (C=S) groups is 1. The van der Waals surface area contributed by atoms with Crippen LogP contribution in [0.2, 0.25) is 0 Å². The summed E-state index contributed by atoms with van der Waals surface area (Å²) in [7, 11) is 0. The van der Waals surface area contributed by atoms with Crippen molar-refractivity contribution in [2.45, 2.75) is 19.4 Å². The number of carbonyl (C=O) groups is 1. The predicted octanol–water partition coefficient (Wildman–Crippen LogP) is 2.88. The van der Waals surface area contributed by atoms with Crippen LogP contribution in [0.3, 0.4) is 0 Å². The lowest BCUT2D eigenvalue weighted by atomic mass is 9.97. The number of nitro benzene ring substituents is 1. The third-order valence-electron chi connectivity index (χ3n) is 3.61. The molecule has 0 saturated heterocycles. The monoisotopic (exact) mass is 330 g/mol. The number of fused-ring (bicyclic) bond motifs is 1. The maximum atomic E-state index is 11.9. The Balaban J connectivity index is 2.15. The SMILES string of the molecule is CC1(C)C=C(N2CC=CC(=O)C2=S)c2cc([N+](=O)[O-])ccc2O1. The molecule has 0 N–H and O–H groups in total. The van der Waals surface area contributed by atoms with E-state index >= 15 is 0 Å². The number of hydrogen-bond acceptors (Lipinski definition) is 5. The summed E-state index contributed by atoms with van der Waals surface area (Å²) in [5.74, 6) is 0.284. The fourth-order valence-electron chi connectivity index (χ4n) is 2.62. The molecule has 118 valence electrons. The third kappa shape index (κ3) is 2.75. The molecule has 0 spiro atoms. The summed E-state index contributed by atoms with van der Waals surface area (Å²) in [6.07, 6.45) is 4.99. The highest BCUT2D eigenvalue weighted by Crippen LogP contribution is 2.40. The Morgan fingerprint density at radius 2 is 2.13 bits per heavy atom.